The van der Waals surface area contributed by atoms with E-state index in [0.717, 1.165) is 0 Å². The Morgan fingerprint density at radius 3 is 2.68 bits per heavy atom. The third kappa shape index (κ3) is 3.97. The Balaban J connectivity index is 1.46. The molecule has 7 heteroatoms. The number of anilines is 1. The number of nitrogens with one attached hydrogen (secondary N) is 1. The molecule has 0 bridgehead atoms. The number of fused-ring (bicyclic) bond motifs is 1. The van der Waals surface area contributed by atoms with Crippen molar-refractivity contribution < 1.29 is 18.3 Å². The van der Waals surface area contributed by atoms with Crippen LogP contribution >= 0.6 is 11.6 Å². The highest BCUT2D eigenvalue weighted by Gasteiger charge is 2.11. The van der Waals surface area contributed by atoms with Crippen LogP contribution in [0.1, 0.15) is 0 Å². The quantitative estimate of drug-likeness (QED) is 0.497. The van der Waals surface area contributed by atoms with Crippen molar-refractivity contribution in [3.8, 4) is 17.2 Å². The average Bonchev–Trinajstić information content (AvgIpc) is 3.11. The number of carbonyl (C=O) groups excluding carboxylic acids is 1. The largest absolute Gasteiger partial charge is 0.482 e. The van der Waals surface area contributed by atoms with Gasteiger partial charge in [0.25, 0.3) is 5.91 Å². The Morgan fingerprint density at radius 1 is 1.11 bits per heavy atom. The molecule has 4 aromatic rings. The second-order valence-corrected chi connectivity index (χ2v) is 6.38. The van der Waals surface area contributed by atoms with Crippen LogP contribution < -0.4 is 10.1 Å². The summed E-state index contributed by atoms with van der Waals surface area (Å²) in [6.45, 7) is -0.179. The van der Waals surface area contributed by atoms with Gasteiger partial charge in [0.2, 0.25) is 5.89 Å². The molecule has 0 aliphatic rings. The predicted molar refractivity (Wildman–Crippen MR) is 105 cm³/mol. The molecule has 0 atom stereocenters. The summed E-state index contributed by atoms with van der Waals surface area (Å²) >= 11 is 6.00. The van der Waals surface area contributed by atoms with Crippen molar-refractivity contribution in [1.82, 2.24) is 4.98 Å². The number of para-hydroxylation sites is 1. The SMILES string of the molecule is O=C(COc1ccccc1Cl)Nc1ccc2oc(-c3ccc(F)cc3)nc2c1. The fraction of sp³-hybridized carbons (Fsp3) is 0.0476. The lowest BCUT2D eigenvalue weighted by molar-refractivity contribution is -0.118. The van der Waals surface area contributed by atoms with Crippen LogP contribution in [-0.2, 0) is 4.79 Å². The summed E-state index contributed by atoms with van der Waals surface area (Å²) in [5, 5.41) is 3.18. The number of oxazole rings is 1. The van der Waals surface area contributed by atoms with Gasteiger partial charge < -0.3 is 14.5 Å². The maximum atomic E-state index is 13.1. The van der Waals surface area contributed by atoms with Crippen molar-refractivity contribution in [3.63, 3.8) is 0 Å². The summed E-state index contributed by atoms with van der Waals surface area (Å²) in [5.74, 6) is 0.154. The Bertz CT molecular complexity index is 1140. The van der Waals surface area contributed by atoms with E-state index in [2.05, 4.69) is 10.3 Å². The van der Waals surface area contributed by atoms with Crippen LogP contribution in [0.3, 0.4) is 0 Å². The number of carbonyl (C=O) groups is 1. The summed E-state index contributed by atoms with van der Waals surface area (Å²) in [5.41, 5.74) is 2.35. The zero-order valence-corrected chi connectivity index (χ0v) is 15.2. The van der Waals surface area contributed by atoms with E-state index in [1.807, 2.05) is 0 Å². The smallest absolute Gasteiger partial charge is 0.262 e. The van der Waals surface area contributed by atoms with Gasteiger partial charge in [0.05, 0.1) is 5.02 Å². The number of ether oxygens (including phenoxy) is 1. The molecule has 28 heavy (non-hydrogen) atoms. The van der Waals surface area contributed by atoms with Gasteiger partial charge in [-0.3, -0.25) is 4.79 Å². The van der Waals surface area contributed by atoms with Crippen LogP contribution in [0.25, 0.3) is 22.6 Å². The maximum Gasteiger partial charge on any atom is 0.262 e. The summed E-state index contributed by atoms with van der Waals surface area (Å²) in [7, 11) is 0. The molecule has 3 aromatic carbocycles. The Hall–Kier alpha value is -3.38. The van der Waals surface area contributed by atoms with Gasteiger partial charge in [0.1, 0.15) is 17.1 Å². The zero-order valence-electron chi connectivity index (χ0n) is 14.5. The number of benzene rings is 3. The molecule has 0 spiro atoms. The number of hydrogen-bond donors (Lipinski definition) is 1. The highest BCUT2D eigenvalue weighted by atomic mass is 35.5. The number of nitrogens with zero attached hydrogens (tertiary/aromatic N) is 1. The molecule has 140 valence electrons. The second-order valence-electron chi connectivity index (χ2n) is 5.98. The lowest BCUT2D eigenvalue weighted by Crippen LogP contribution is -2.20. The molecule has 0 unspecified atom stereocenters. The summed E-state index contributed by atoms with van der Waals surface area (Å²) < 4.78 is 24.2. The van der Waals surface area contributed by atoms with Crippen LogP contribution in [0, 0.1) is 5.82 Å². The zero-order chi connectivity index (χ0) is 19.5. The lowest BCUT2D eigenvalue weighted by Gasteiger charge is -2.08. The molecule has 0 aliphatic carbocycles. The highest BCUT2D eigenvalue weighted by molar-refractivity contribution is 6.32. The van der Waals surface area contributed by atoms with Gasteiger partial charge in [-0.25, -0.2) is 9.37 Å². The van der Waals surface area contributed by atoms with E-state index in [-0.39, 0.29) is 18.3 Å². The first kappa shape index (κ1) is 18.0. The molecular weight excluding hydrogens is 383 g/mol. The number of halogens is 2. The van der Waals surface area contributed by atoms with Crippen molar-refractivity contribution in [2.45, 2.75) is 0 Å². The third-order valence-electron chi connectivity index (χ3n) is 3.96. The van der Waals surface area contributed by atoms with E-state index < -0.39 is 0 Å². The summed E-state index contributed by atoms with van der Waals surface area (Å²) in [6, 6.07) is 17.9. The van der Waals surface area contributed by atoms with Crippen molar-refractivity contribution in [2.75, 3.05) is 11.9 Å². The van der Waals surface area contributed by atoms with Crippen LogP contribution in [0.15, 0.2) is 71.1 Å². The molecule has 1 amide bonds. The second kappa shape index (κ2) is 7.70. The Labute approximate surface area is 164 Å². The third-order valence-corrected chi connectivity index (χ3v) is 4.27. The predicted octanol–water partition coefficient (Wildman–Crippen LogP) is 5.30. The Kier molecular flexibility index (Phi) is 4.95. The monoisotopic (exact) mass is 396 g/mol. The minimum absolute atomic E-state index is 0.179. The normalized spacial score (nSPS) is 10.8. The first-order valence-electron chi connectivity index (χ1n) is 8.42. The molecule has 1 heterocycles. The fourth-order valence-electron chi connectivity index (χ4n) is 2.62. The van der Waals surface area contributed by atoms with Crippen LogP contribution in [0.4, 0.5) is 10.1 Å². The summed E-state index contributed by atoms with van der Waals surface area (Å²) in [6.07, 6.45) is 0. The molecule has 5 nitrogen and oxygen atoms in total. The van der Waals surface area contributed by atoms with Crippen molar-refractivity contribution in [2.24, 2.45) is 0 Å². The minimum Gasteiger partial charge on any atom is -0.482 e. The van der Waals surface area contributed by atoms with E-state index in [9.17, 15) is 9.18 Å². The lowest BCUT2D eigenvalue weighted by atomic mass is 10.2. The van der Waals surface area contributed by atoms with Gasteiger partial charge in [0, 0.05) is 11.3 Å². The maximum absolute atomic E-state index is 13.1. The summed E-state index contributed by atoms with van der Waals surface area (Å²) in [4.78, 5) is 16.5. The van der Waals surface area contributed by atoms with E-state index in [4.69, 9.17) is 20.8 Å². The van der Waals surface area contributed by atoms with Crippen molar-refractivity contribution in [1.29, 1.82) is 0 Å². The minimum atomic E-state index is -0.332. The van der Waals surface area contributed by atoms with E-state index in [1.54, 1.807) is 54.6 Å². The van der Waals surface area contributed by atoms with Crippen LogP contribution in [0.5, 0.6) is 5.75 Å². The molecule has 0 aliphatic heterocycles. The van der Waals surface area contributed by atoms with Gasteiger partial charge in [-0.05, 0) is 54.6 Å². The number of hydrogen-bond acceptors (Lipinski definition) is 4. The molecule has 4 rings (SSSR count). The molecule has 0 saturated heterocycles. The van der Waals surface area contributed by atoms with E-state index in [0.29, 0.717) is 39.0 Å². The molecular formula is C21H14ClFN2O3. The first-order valence-corrected chi connectivity index (χ1v) is 8.80. The molecule has 1 N–H and O–H groups in total. The van der Waals surface area contributed by atoms with Crippen LogP contribution in [-0.4, -0.2) is 17.5 Å². The average molecular weight is 397 g/mol. The van der Waals surface area contributed by atoms with Crippen molar-refractivity contribution >= 4 is 34.3 Å². The number of rotatable bonds is 5. The van der Waals surface area contributed by atoms with E-state index in [1.165, 1.54) is 12.1 Å². The first-order chi connectivity index (χ1) is 13.6. The van der Waals surface area contributed by atoms with Crippen molar-refractivity contribution in [3.05, 3.63) is 77.6 Å². The fourth-order valence-corrected chi connectivity index (χ4v) is 2.81. The number of amides is 1. The Morgan fingerprint density at radius 2 is 1.89 bits per heavy atom. The van der Waals surface area contributed by atoms with Gasteiger partial charge in [0.15, 0.2) is 12.2 Å². The van der Waals surface area contributed by atoms with Gasteiger partial charge in [-0.2, -0.15) is 0 Å². The number of aromatic nitrogens is 1. The standard InChI is InChI=1S/C21H14ClFN2O3/c22-16-3-1-2-4-18(16)27-12-20(26)24-15-9-10-19-17(11-15)25-21(28-19)13-5-7-14(23)8-6-13/h1-11H,12H2,(H,24,26). The highest BCUT2D eigenvalue weighted by Crippen LogP contribution is 2.27. The molecule has 0 fully saturated rings. The molecule has 0 radical (unpaired) electrons. The van der Waals surface area contributed by atoms with Gasteiger partial charge >= 0.3 is 0 Å². The van der Waals surface area contributed by atoms with Gasteiger partial charge in [-0.1, -0.05) is 23.7 Å². The topological polar surface area (TPSA) is 64.4 Å². The van der Waals surface area contributed by atoms with E-state index >= 15 is 0 Å². The van der Waals surface area contributed by atoms with Crippen LogP contribution in [0.2, 0.25) is 5.02 Å². The van der Waals surface area contributed by atoms with Gasteiger partial charge in [-0.15, -0.1) is 0 Å². The molecule has 1 aromatic heterocycles. The molecule has 0 saturated carbocycles.